The third kappa shape index (κ3) is 4.44. The number of hydrogen-bond acceptors (Lipinski definition) is 4. The van der Waals surface area contributed by atoms with Crippen molar-refractivity contribution < 1.29 is 0 Å². The Bertz CT molecular complexity index is 3080. The van der Waals surface area contributed by atoms with Crippen molar-refractivity contribution in [2.75, 3.05) is 0 Å². The molecule has 11 rings (SSSR count). The normalized spacial score (nSPS) is 13.2. The van der Waals surface area contributed by atoms with Gasteiger partial charge in [-0.2, -0.15) is 0 Å². The SMILES string of the molecule is CC1(C)c2ccccc2-c2cc(-c3nc(-c4ccccc4)nc(-c4cccc5c4sc4c5ccc5c4c4ccccc4n5-c4ccccc4)n3)ccc21. The summed E-state index contributed by atoms with van der Waals surface area (Å²) in [5.74, 6) is 2.01. The van der Waals surface area contributed by atoms with E-state index in [0.29, 0.717) is 17.5 Å². The zero-order valence-electron chi connectivity index (χ0n) is 29.2. The molecule has 0 saturated heterocycles. The first-order chi connectivity index (χ1) is 26.0. The number of benzene rings is 7. The molecule has 1 aliphatic rings. The van der Waals surface area contributed by atoms with Crippen LogP contribution in [-0.4, -0.2) is 19.5 Å². The molecular weight excluding hydrogens is 665 g/mol. The van der Waals surface area contributed by atoms with Crippen molar-refractivity contribution in [1.82, 2.24) is 19.5 Å². The van der Waals surface area contributed by atoms with Crippen LogP contribution < -0.4 is 0 Å². The van der Waals surface area contributed by atoms with Crippen LogP contribution in [0, 0.1) is 0 Å². The highest BCUT2D eigenvalue weighted by Gasteiger charge is 2.35. The van der Waals surface area contributed by atoms with Crippen LogP contribution in [-0.2, 0) is 5.41 Å². The lowest BCUT2D eigenvalue weighted by molar-refractivity contribution is 0.660. The number of nitrogens with zero attached hydrogens (tertiary/aromatic N) is 4. The molecule has 10 aromatic rings. The second-order valence-corrected chi connectivity index (χ2v) is 15.4. The number of fused-ring (bicyclic) bond motifs is 10. The zero-order chi connectivity index (χ0) is 35.3. The number of para-hydroxylation sites is 2. The fourth-order valence-corrected chi connectivity index (χ4v) is 9.91. The highest BCUT2D eigenvalue weighted by molar-refractivity contribution is 7.27. The molecule has 7 aromatic carbocycles. The third-order valence-corrected chi connectivity index (χ3v) is 12.3. The van der Waals surface area contributed by atoms with Crippen molar-refractivity contribution >= 4 is 53.3 Å². The Hall–Kier alpha value is -6.43. The first kappa shape index (κ1) is 30.2. The van der Waals surface area contributed by atoms with Gasteiger partial charge in [0.05, 0.1) is 11.0 Å². The van der Waals surface area contributed by atoms with Gasteiger partial charge in [-0.05, 0) is 58.7 Å². The van der Waals surface area contributed by atoms with Crippen LogP contribution in [0.5, 0.6) is 0 Å². The molecule has 0 fully saturated rings. The van der Waals surface area contributed by atoms with Crippen molar-refractivity contribution in [2.24, 2.45) is 0 Å². The molecular formula is C48H32N4S. The van der Waals surface area contributed by atoms with Crippen molar-refractivity contribution in [2.45, 2.75) is 19.3 Å². The molecule has 5 heteroatoms. The molecule has 0 unspecified atom stereocenters. The molecule has 4 nitrogen and oxygen atoms in total. The number of rotatable bonds is 4. The van der Waals surface area contributed by atoms with Gasteiger partial charge in [-0.1, -0.05) is 135 Å². The van der Waals surface area contributed by atoms with Crippen LogP contribution in [0.3, 0.4) is 0 Å². The van der Waals surface area contributed by atoms with Crippen LogP contribution in [0.1, 0.15) is 25.0 Å². The van der Waals surface area contributed by atoms with E-state index < -0.39 is 0 Å². The van der Waals surface area contributed by atoms with Gasteiger partial charge in [-0.25, -0.2) is 15.0 Å². The summed E-state index contributed by atoms with van der Waals surface area (Å²) in [6, 6.07) is 56.2. The van der Waals surface area contributed by atoms with E-state index in [2.05, 4.69) is 158 Å². The lowest BCUT2D eigenvalue weighted by Gasteiger charge is -2.21. The average molecular weight is 697 g/mol. The Morgan fingerprint density at radius 3 is 1.94 bits per heavy atom. The van der Waals surface area contributed by atoms with Gasteiger partial charge in [0.1, 0.15) is 0 Å². The molecule has 0 atom stereocenters. The molecule has 250 valence electrons. The van der Waals surface area contributed by atoms with E-state index in [0.717, 1.165) is 22.4 Å². The Labute approximate surface area is 310 Å². The van der Waals surface area contributed by atoms with Crippen LogP contribution in [0.15, 0.2) is 158 Å². The van der Waals surface area contributed by atoms with Gasteiger partial charge in [0.2, 0.25) is 0 Å². The van der Waals surface area contributed by atoms with Crippen LogP contribution in [0.2, 0.25) is 0 Å². The van der Waals surface area contributed by atoms with Crippen molar-refractivity contribution in [1.29, 1.82) is 0 Å². The number of hydrogen-bond donors (Lipinski definition) is 0. The van der Waals surface area contributed by atoms with Gasteiger partial charge in [0.25, 0.3) is 0 Å². The molecule has 3 aromatic heterocycles. The number of thiophene rings is 1. The second kappa shape index (κ2) is 11.3. The largest absolute Gasteiger partial charge is 0.309 e. The van der Waals surface area contributed by atoms with Crippen molar-refractivity contribution in [3.8, 4) is 51.0 Å². The number of aromatic nitrogens is 4. The van der Waals surface area contributed by atoms with Gasteiger partial charge in [-0.15, -0.1) is 11.3 Å². The lowest BCUT2D eigenvalue weighted by atomic mass is 9.82. The van der Waals surface area contributed by atoms with E-state index in [1.165, 1.54) is 64.2 Å². The summed E-state index contributed by atoms with van der Waals surface area (Å²) in [7, 11) is 0. The van der Waals surface area contributed by atoms with Gasteiger partial charge in [0, 0.05) is 58.7 Å². The maximum absolute atomic E-state index is 5.27. The maximum atomic E-state index is 5.27. The Kier molecular flexibility index (Phi) is 6.43. The summed E-state index contributed by atoms with van der Waals surface area (Å²) >= 11 is 1.83. The topological polar surface area (TPSA) is 43.6 Å². The van der Waals surface area contributed by atoms with E-state index in [1.54, 1.807) is 0 Å². The van der Waals surface area contributed by atoms with E-state index in [1.807, 2.05) is 29.5 Å². The molecule has 0 saturated carbocycles. The first-order valence-electron chi connectivity index (χ1n) is 18.0. The van der Waals surface area contributed by atoms with E-state index in [4.69, 9.17) is 15.0 Å². The molecule has 0 amide bonds. The molecule has 3 heterocycles. The standard InChI is InChI=1S/C48H32N4S/c1-48(2)38-22-11-9-18-32(38)37-28-30(24-26-39(37)48)46-49-45(29-14-5-3-6-15-29)50-47(51-46)36-21-13-20-33-34-25-27-41-42(44(34)53-43(33)36)35-19-10-12-23-40(35)52(41)31-16-7-4-8-17-31/h3-28H,1-2H3. The summed E-state index contributed by atoms with van der Waals surface area (Å²) in [6.07, 6.45) is 0. The van der Waals surface area contributed by atoms with E-state index in [9.17, 15) is 0 Å². The van der Waals surface area contributed by atoms with Gasteiger partial charge < -0.3 is 4.57 Å². The Morgan fingerprint density at radius 2 is 1.09 bits per heavy atom. The molecule has 1 aliphatic carbocycles. The van der Waals surface area contributed by atoms with E-state index >= 15 is 0 Å². The molecule has 0 bridgehead atoms. The molecule has 0 spiro atoms. The second-order valence-electron chi connectivity index (χ2n) is 14.4. The summed E-state index contributed by atoms with van der Waals surface area (Å²) in [6.45, 7) is 4.62. The van der Waals surface area contributed by atoms with Gasteiger partial charge in [0.15, 0.2) is 17.5 Å². The smallest absolute Gasteiger partial charge is 0.165 e. The molecule has 0 radical (unpaired) electrons. The Balaban J connectivity index is 1.15. The van der Waals surface area contributed by atoms with Crippen LogP contribution in [0.4, 0.5) is 0 Å². The fraction of sp³-hybridized carbons (Fsp3) is 0.0625. The lowest BCUT2D eigenvalue weighted by Crippen LogP contribution is -2.14. The summed E-state index contributed by atoms with van der Waals surface area (Å²) < 4.78 is 4.83. The quantitative estimate of drug-likeness (QED) is 0.184. The van der Waals surface area contributed by atoms with E-state index in [-0.39, 0.29) is 5.41 Å². The van der Waals surface area contributed by atoms with Crippen LogP contribution in [0.25, 0.3) is 93.0 Å². The van der Waals surface area contributed by atoms with Gasteiger partial charge in [-0.3, -0.25) is 0 Å². The fourth-order valence-electron chi connectivity index (χ4n) is 8.54. The highest BCUT2D eigenvalue weighted by Crippen LogP contribution is 2.50. The summed E-state index contributed by atoms with van der Waals surface area (Å²) in [5, 5.41) is 4.98. The minimum atomic E-state index is -0.0699. The predicted molar refractivity (Wildman–Crippen MR) is 221 cm³/mol. The highest BCUT2D eigenvalue weighted by atomic mass is 32.1. The van der Waals surface area contributed by atoms with Crippen molar-refractivity contribution in [3.05, 3.63) is 169 Å². The monoisotopic (exact) mass is 696 g/mol. The molecule has 53 heavy (non-hydrogen) atoms. The van der Waals surface area contributed by atoms with Gasteiger partial charge >= 0.3 is 0 Å². The average Bonchev–Trinajstić information content (AvgIpc) is 3.84. The van der Waals surface area contributed by atoms with Crippen LogP contribution >= 0.6 is 11.3 Å². The minimum Gasteiger partial charge on any atom is -0.309 e. The zero-order valence-corrected chi connectivity index (χ0v) is 30.0. The third-order valence-electron chi connectivity index (χ3n) is 11.1. The first-order valence-corrected chi connectivity index (χ1v) is 18.9. The molecule has 0 aliphatic heterocycles. The maximum Gasteiger partial charge on any atom is 0.165 e. The Morgan fingerprint density at radius 1 is 0.453 bits per heavy atom. The molecule has 0 N–H and O–H groups in total. The predicted octanol–water partition coefficient (Wildman–Crippen LogP) is 12.6. The summed E-state index contributed by atoms with van der Waals surface area (Å²) in [5.41, 5.74) is 11.7. The summed E-state index contributed by atoms with van der Waals surface area (Å²) in [4.78, 5) is 15.6. The minimum absolute atomic E-state index is 0.0699. The van der Waals surface area contributed by atoms with Crippen molar-refractivity contribution in [3.63, 3.8) is 0 Å².